The molecule has 1 fully saturated rings. The number of hydrogen-bond donors (Lipinski definition) is 1. The number of rotatable bonds is 5. The summed E-state index contributed by atoms with van der Waals surface area (Å²) in [5.74, 6) is -0.488. The molecule has 1 aliphatic carbocycles. The molecule has 0 amide bonds. The maximum absolute atomic E-state index is 10.4. The summed E-state index contributed by atoms with van der Waals surface area (Å²) in [6.07, 6.45) is 3.21. The Balaban J connectivity index is 0.000000302. The van der Waals surface area contributed by atoms with Crippen molar-refractivity contribution in [2.24, 2.45) is 11.8 Å². The van der Waals surface area contributed by atoms with Crippen molar-refractivity contribution in [3.63, 3.8) is 0 Å². The van der Waals surface area contributed by atoms with Gasteiger partial charge in [-0.3, -0.25) is 0 Å². The van der Waals surface area contributed by atoms with Gasteiger partial charge in [-0.25, -0.2) is 9.59 Å². The van der Waals surface area contributed by atoms with Crippen molar-refractivity contribution in [2.45, 2.75) is 26.7 Å². The number of carbonyl (C=O) groups is 2. The van der Waals surface area contributed by atoms with Gasteiger partial charge in [0.1, 0.15) is 0 Å². The van der Waals surface area contributed by atoms with Gasteiger partial charge in [-0.15, -0.1) is 0 Å². The van der Waals surface area contributed by atoms with Gasteiger partial charge in [0.2, 0.25) is 0 Å². The fraction of sp³-hybridized carbons (Fsp3) is 0.538. The first-order chi connectivity index (χ1) is 7.88. The molecule has 1 N–H and O–H groups in total. The van der Waals surface area contributed by atoms with Crippen molar-refractivity contribution in [1.82, 2.24) is 0 Å². The van der Waals surface area contributed by atoms with Crippen molar-refractivity contribution in [1.29, 1.82) is 0 Å². The Kier molecular flexibility index (Phi) is 6.94. The molecule has 4 heteroatoms. The molecule has 1 rings (SSSR count). The van der Waals surface area contributed by atoms with Crippen LogP contribution in [0.1, 0.15) is 26.7 Å². The van der Waals surface area contributed by atoms with Crippen LogP contribution in [-0.2, 0) is 14.3 Å². The molecule has 17 heavy (non-hydrogen) atoms. The summed E-state index contributed by atoms with van der Waals surface area (Å²) < 4.78 is 4.70. The largest absolute Gasteiger partial charge is 0.478 e. The summed E-state index contributed by atoms with van der Waals surface area (Å²) in [6, 6.07) is 0. The zero-order valence-corrected chi connectivity index (χ0v) is 10.4. The maximum atomic E-state index is 10.4. The number of ether oxygens (including phenoxy) is 1. The van der Waals surface area contributed by atoms with E-state index in [1.165, 1.54) is 6.08 Å². The van der Waals surface area contributed by atoms with Gasteiger partial charge in [0.15, 0.2) is 0 Å². The van der Waals surface area contributed by atoms with Crippen LogP contribution in [-0.4, -0.2) is 23.7 Å². The van der Waals surface area contributed by atoms with E-state index in [0.717, 1.165) is 12.8 Å². The zero-order valence-electron chi connectivity index (χ0n) is 10.4. The number of esters is 1. The van der Waals surface area contributed by atoms with Crippen molar-refractivity contribution >= 4 is 11.9 Å². The van der Waals surface area contributed by atoms with Gasteiger partial charge in [-0.05, 0) is 24.7 Å². The Morgan fingerprint density at radius 1 is 1.47 bits per heavy atom. The molecule has 0 bridgehead atoms. The van der Waals surface area contributed by atoms with Crippen LogP contribution in [0.15, 0.2) is 24.8 Å². The zero-order chi connectivity index (χ0) is 13.4. The molecule has 96 valence electrons. The Bertz CT molecular complexity index is 301. The summed E-state index contributed by atoms with van der Waals surface area (Å²) in [6.45, 7) is 11.1. The lowest BCUT2D eigenvalue weighted by molar-refractivity contribution is -0.138. The second kappa shape index (κ2) is 7.65. The number of carbonyl (C=O) groups excluding carboxylic acids is 1. The fourth-order valence-electron chi connectivity index (χ4n) is 0.914. The highest BCUT2D eigenvalue weighted by Crippen LogP contribution is 2.35. The molecule has 0 heterocycles. The first-order valence-electron chi connectivity index (χ1n) is 5.59. The van der Waals surface area contributed by atoms with E-state index < -0.39 is 5.97 Å². The van der Waals surface area contributed by atoms with Crippen molar-refractivity contribution in [2.75, 3.05) is 6.61 Å². The lowest BCUT2D eigenvalue weighted by Gasteiger charge is -2.02. The Hall–Kier alpha value is -1.58. The minimum absolute atomic E-state index is 0.299. The summed E-state index contributed by atoms with van der Waals surface area (Å²) >= 11 is 0. The van der Waals surface area contributed by atoms with Gasteiger partial charge in [-0.1, -0.05) is 27.0 Å². The average molecular weight is 240 g/mol. The van der Waals surface area contributed by atoms with E-state index >= 15 is 0 Å². The highest BCUT2D eigenvalue weighted by atomic mass is 16.5. The van der Waals surface area contributed by atoms with Crippen LogP contribution >= 0.6 is 0 Å². The van der Waals surface area contributed by atoms with Gasteiger partial charge in [0.25, 0.3) is 0 Å². The van der Waals surface area contributed by atoms with Crippen LogP contribution in [0.25, 0.3) is 0 Å². The second-order valence-corrected chi connectivity index (χ2v) is 4.33. The molecule has 0 atom stereocenters. The molecule has 0 aliphatic heterocycles. The number of carboxylic acids is 1. The number of carboxylic acid groups (broad SMARTS) is 1. The summed E-state index contributed by atoms with van der Waals surface area (Å²) in [7, 11) is 0. The second-order valence-electron chi connectivity index (χ2n) is 4.33. The normalized spacial score (nSPS) is 13.4. The lowest BCUT2D eigenvalue weighted by atomic mass is 10.2. The van der Waals surface area contributed by atoms with Crippen LogP contribution in [0, 0.1) is 11.8 Å². The Morgan fingerprint density at radius 3 is 2.24 bits per heavy atom. The van der Waals surface area contributed by atoms with E-state index in [2.05, 4.69) is 13.2 Å². The third-order valence-corrected chi connectivity index (χ3v) is 2.07. The fourth-order valence-corrected chi connectivity index (χ4v) is 0.914. The topological polar surface area (TPSA) is 63.6 Å². The van der Waals surface area contributed by atoms with Crippen LogP contribution in [0.2, 0.25) is 0 Å². The average Bonchev–Trinajstić information content (AvgIpc) is 3.09. The smallest absolute Gasteiger partial charge is 0.331 e. The summed E-state index contributed by atoms with van der Waals surface area (Å²) in [4.78, 5) is 20.5. The lowest BCUT2D eigenvalue weighted by Crippen LogP contribution is -2.06. The minimum atomic E-state index is -0.840. The molecule has 0 aromatic carbocycles. The number of aliphatic carboxylic acids is 1. The van der Waals surface area contributed by atoms with Crippen molar-refractivity contribution in [3.05, 3.63) is 24.8 Å². The predicted molar refractivity (Wildman–Crippen MR) is 65.5 cm³/mol. The molecular weight excluding hydrogens is 220 g/mol. The molecule has 1 aliphatic rings. The summed E-state index contributed by atoms with van der Waals surface area (Å²) in [5, 5.41) is 8.29. The molecule has 0 aromatic heterocycles. The maximum Gasteiger partial charge on any atom is 0.331 e. The quantitative estimate of drug-likeness (QED) is 0.592. The van der Waals surface area contributed by atoms with E-state index in [1.807, 2.05) is 13.8 Å². The molecule has 0 saturated heterocycles. The van der Waals surface area contributed by atoms with Crippen LogP contribution in [0.4, 0.5) is 0 Å². The van der Waals surface area contributed by atoms with Crippen molar-refractivity contribution in [3.8, 4) is 0 Å². The van der Waals surface area contributed by atoms with Gasteiger partial charge in [-0.2, -0.15) is 0 Å². The van der Waals surface area contributed by atoms with E-state index in [1.54, 1.807) is 0 Å². The molecule has 4 nitrogen and oxygen atoms in total. The highest BCUT2D eigenvalue weighted by Gasteiger charge is 2.28. The molecular formula is C13H20O4. The minimum Gasteiger partial charge on any atom is -0.478 e. The first kappa shape index (κ1) is 15.4. The van der Waals surface area contributed by atoms with Crippen molar-refractivity contribution < 1.29 is 19.4 Å². The molecule has 0 aromatic rings. The number of hydrogen-bond acceptors (Lipinski definition) is 3. The monoisotopic (exact) mass is 240 g/mol. The van der Waals surface area contributed by atoms with Gasteiger partial charge in [0, 0.05) is 11.6 Å². The third kappa shape index (κ3) is 8.25. The Labute approximate surface area is 102 Å². The van der Waals surface area contributed by atoms with Gasteiger partial charge < -0.3 is 9.84 Å². The predicted octanol–water partition coefficient (Wildman–Crippen LogP) is 2.41. The standard InChI is InChI=1S/C7H12O2.C6H8O2/c1-4-7(8)9-5-6(2)3;1-4(6(7)8)5-2-3-5/h4,6H,1,5H2,2-3H3;5H,1-3H2,(H,7,8). The van der Waals surface area contributed by atoms with E-state index in [4.69, 9.17) is 9.84 Å². The molecule has 1 saturated carbocycles. The molecule has 0 radical (unpaired) electrons. The molecule has 0 unspecified atom stereocenters. The van der Waals surface area contributed by atoms with E-state index in [0.29, 0.717) is 24.0 Å². The molecule has 0 spiro atoms. The van der Waals surface area contributed by atoms with Crippen LogP contribution in [0.5, 0.6) is 0 Å². The highest BCUT2D eigenvalue weighted by molar-refractivity contribution is 5.86. The van der Waals surface area contributed by atoms with E-state index in [-0.39, 0.29) is 5.97 Å². The Morgan fingerprint density at radius 2 is 2.00 bits per heavy atom. The van der Waals surface area contributed by atoms with Crippen LogP contribution < -0.4 is 0 Å². The van der Waals surface area contributed by atoms with Gasteiger partial charge >= 0.3 is 11.9 Å². The SMILES string of the molecule is C=C(C(=O)O)C1CC1.C=CC(=O)OCC(C)C. The first-order valence-corrected chi connectivity index (χ1v) is 5.59. The van der Waals surface area contributed by atoms with Crippen LogP contribution in [0.3, 0.4) is 0 Å². The summed E-state index contributed by atoms with van der Waals surface area (Å²) in [5.41, 5.74) is 0.380. The van der Waals surface area contributed by atoms with E-state index in [9.17, 15) is 9.59 Å². The van der Waals surface area contributed by atoms with Gasteiger partial charge in [0.05, 0.1) is 6.61 Å². The third-order valence-electron chi connectivity index (χ3n) is 2.07.